The highest BCUT2D eigenvalue weighted by atomic mass is 16.5. The third kappa shape index (κ3) is 3.72. The van der Waals surface area contributed by atoms with Gasteiger partial charge in [-0.1, -0.05) is 5.16 Å². The summed E-state index contributed by atoms with van der Waals surface area (Å²) in [4.78, 5) is 22.9. The van der Waals surface area contributed by atoms with Gasteiger partial charge in [0, 0.05) is 18.8 Å². The predicted octanol–water partition coefficient (Wildman–Crippen LogP) is 1.07. The van der Waals surface area contributed by atoms with Crippen LogP contribution in [0.15, 0.2) is 23.0 Å². The van der Waals surface area contributed by atoms with Crippen LogP contribution >= 0.6 is 0 Å². The minimum Gasteiger partial charge on any atom is -0.481 e. The molecule has 2 heterocycles. The van der Waals surface area contributed by atoms with E-state index in [1.165, 1.54) is 19.9 Å². The van der Waals surface area contributed by atoms with Crippen molar-refractivity contribution < 1.29 is 19.2 Å². The molecule has 0 aromatic carbocycles. The first-order valence-electron chi connectivity index (χ1n) is 6.74. The first kappa shape index (κ1) is 15.7. The zero-order valence-corrected chi connectivity index (χ0v) is 12.7. The van der Waals surface area contributed by atoms with Gasteiger partial charge in [-0.05, 0) is 26.3 Å². The highest BCUT2D eigenvalue weighted by Crippen LogP contribution is 2.14. The Bertz CT molecular complexity index is 687. The van der Waals surface area contributed by atoms with Gasteiger partial charge in [0.1, 0.15) is 6.54 Å². The lowest BCUT2D eigenvalue weighted by Crippen LogP contribution is -2.39. The van der Waals surface area contributed by atoms with Gasteiger partial charge in [-0.3, -0.25) is 14.3 Å². The molecular weight excluding hydrogens is 288 g/mol. The van der Waals surface area contributed by atoms with Crippen LogP contribution in [0.3, 0.4) is 0 Å². The fraction of sp³-hybridized carbons (Fsp3) is 0.429. The van der Waals surface area contributed by atoms with Crippen molar-refractivity contribution >= 4 is 11.9 Å². The Morgan fingerprint density at radius 3 is 2.77 bits per heavy atom. The van der Waals surface area contributed by atoms with Crippen molar-refractivity contribution in [3.63, 3.8) is 0 Å². The van der Waals surface area contributed by atoms with Gasteiger partial charge in [0.05, 0.1) is 11.6 Å². The number of carboxylic acid groups (broad SMARTS) is 1. The molecule has 0 radical (unpaired) electrons. The van der Waals surface area contributed by atoms with Crippen LogP contribution in [0.2, 0.25) is 0 Å². The lowest BCUT2D eigenvalue weighted by atomic mass is 9.94. The molecule has 2 aromatic rings. The number of rotatable bonds is 6. The number of hydrogen-bond acceptors (Lipinski definition) is 5. The molecule has 8 heteroatoms. The molecule has 0 aliphatic heterocycles. The van der Waals surface area contributed by atoms with Gasteiger partial charge in [-0.2, -0.15) is 5.10 Å². The monoisotopic (exact) mass is 306 g/mol. The summed E-state index contributed by atoms with van der Waals surface area (Å²) in [7, 11) is 0. The molecule has 0 saturated carbocycles. The Labute approximate surface area is 127 Å². The summed E-state index contributed by atoms with van der Waals surface area (Å²) in [5, 5.41) is 19.3. The number of amides is 1. The van der Waals surface area contributed by atoms with Crippen molar-refractivity contribution in [1.82, 2.24) is 20.3 Å². The number of aromatic nitrogens is 3. The zero-order valence-electron chi connectivity index (χ0n) is 12.7. The van der Waals surface area contributed by atoms with Crippen LogP contribution in [-0.2, 0) is 11.3 Å². The van der Waals surface area contributed by atoms with Crippen LogP contribution < -0.4 is 5.32 Å². The number of carboxylic acids is 1. The van der Waals surface area contributed by atoms with E-state index in [2.05, 4.69) is 15.6 Å². The third-order valence-corrected chi connectivity index (χ3v) is 3.14. The molecule has 2 rings (SSSR count). The van der Waals surface area contributed by atoms with Crippen molar-refractivity contribution in [3.8, 4) is 0 Å². The topological polar surface area (TPSA) is 110 Å². The summed E-state index contributed by atoms with van der Waals surface area (Å²) < 4.78 is 6.76. The van der Waals surface area contributed by atoms with Crippen molar-refractivity contribution in [2.45, 2.75) is 27.3 Å². The Morgan fingerprint density at radius 2 is 2.18 bits per heavy atom. The molecule has 2 N–H and O–H groups in total. The summed E-state index contributed by atoms with van der Waals surface area (Å²) in [5.74, 6) is -0.964. The first-order valence-corrected chi connectivity index (χ1v) is 6.74. The first-order chi connectivity index (χ1) is 10.3. The fourth-order valence-corrected chi connectivity index (χ4v) is 1.68. The Kier molecular flexibility index (Phi) is 4.30. The largest absolute Gasteiger partial charge is 0.481 e. The van der Waals surface area contributed by atoms with Crippen molar-refractivity contribution in [2.24, 2.45) is 5.41 Å². The van der Waals surface area contributed by atoms with Crippen molar-refractivity contribution in [3.05, 3.63) is 35.5 Å². The lowest BCUT2D eigenvalue weighted by molar-refractivity contribution is -0.146. The van der Waals surface area contributed by atoms with Gasteiger partial charge in [0.25, 0.3) is 5.91 Å². The molecule has 0 atom stereocenters. The van der Waals surface area contributed by atoms with Crippen molar-refractivity contribution in [2.75, 3.05) is 6.54 Å². The molecule has 0 bridgehead atoms. The minimum absolute atomic E-state index is 0.00170. The molecular formula is C14H18N4O4. The molecule has 1 amide bonds. The van der Waals surface area contributed by atoms with Crippen LogP contribution in [0.25, 0.3) is 0 Å². The van der Waals surface area contributed by atoms with E-state index in [9.17, 15) is 9.59 Å². The second-order valence-corrected chi connectivity index (χ2v) is 5.77. The van der Waals surface area contributed by atoms with Gasteiger partial charge >= 0.3 is 5.97 Å². The van der Waals surface area contributed by atoms with Crippen LogP contribution in [-0.4, -0.2) is 38.5 Å². The standard InChI is InChI=1S/C14H18N4O4/c1-9-5-16-18(6-9)7-10-4-11(17-22-10)12(19)15-8-14(2,3)13(20)21/h4-6H,7-8H2,1-3H3,(H,15,19)(H,20,21). The number of nitrogens with one attached hydrogen (secondary N) is 1. The Morgan fingerprint density at radius 1 is 1.45 bits per heavy atom. The summed E-state index contributed by atoms with van der Waals surface area (Å²) in [6.45, 7) is 5.36. The van der Waals surface area contributed by atoms with E-state index in [0.717, 1.165) is 5.56 Å². The summed E-state index contributed by atoms with van der Waals surface area (Å²) in [6, 6.07) is 1.51. The van der Waals surface area contributed by atoms with Crippen LogP contribution in [0.5, 0.6) is 0 Å². The molecule has 22 heavy (non-hydrogen) atoms. The highest BCUT2D eigenvalue weighted by Gasteiger charge is 2.28. The average Bonchev–Trinajstić information content (AvgIpc) is 3.06. The molecule has 118 valence electrons. The minimum atomic E-state index is -1.05. The average molecular weight is 306 g/mol. The van der Waals surface area contributed by atoms with Gasteiger partial charge in [-0.25, -0.2) is 0 Å². The van der Waals surface area contributed by atoms with Crippen LogP contribution in [0.1, 0.15) is 35.7 Å². The molecule has 0 fully saturated rings. The van der Waals surface area contributed by atoms with E-state index < -0.39 is 17.3 Å². The Hall–Kier alpha value is -2.64. The number of carbonyl (C=O) groups excluding carboxylic acids is 1. The summed E-state index contributed by atoms with van der Waals surface area (Å²) in [5.41, 5.74) is 0.0860. The molecule has 0 unspecified atom stereocenters. The number of aryl methyl sites for hydroxylation is 1. The lowest BCUT2D eigenvalue weighted by Gasteiger charge is -2.18. The van der Waals surface area contributed by atoms with E-state index in [0.29, 0.717) is 12.3 Å². The quantitative estimate of drug-likeness (QED) is 0.826. The molecule has 0 aliphatic rings. The van der Waals surface area contributed by atoms with Gasteiger partial charge in [-0.15, -0.1) is 0 Å². The normalized spacial score (nSPS) is 11.4. The number of aliphatic carboxylic acids is 1. The molecule has 0 saturated heterocycles. The van der Waals surface area contributed by atoms with E-state index >= 15 is 0 Å². The number of carbonyl (C=O) groups is 2. The second-order valence-electron chi connectivity index (χ2n) is 5.77. The Balaban J connectivity index is 1.96. The molecule has 0 spiro atoms. The van der Waals surface area contributed by atoms with Gasteiger partial charge in [0.2, 0.25) is 0 Å². The maximum atomic E-state index is 11.9. The van der Waals surface area contributed by atoms with Crippen LogP contribution in [0.4, 0.5) is 0 Å². The summed E-state index contributed by atoms with van der Waals surface area (Å²) in [6.07, 6.45) is 3.57. The van der Waals surface area contributed by atoms with Gasteiger partial charge in [0.15, 0.2) is 11.5 Å². The number of nitrogens with zero attached hydrogens (tertiary/aromatic N) is 3. The van der Waals surface area contributed by atoms with E-state index in [4.69, 9.17) is 9.63 Å². The van der Waals surface area contributed by atoms with Crippen molar-refractivity contribution in [1.29, 1.82) is 0 Å². The maximum absolute atomic E-state index is 11.9. The zero-order chi connectivity index (χ0) is 16.3. The molecule has 2 aromatic heterocycles. The van der Waals surface area contributed by atoms with E-state index in [-0.39, 0.29) is 12.2 Å². The van der Waals surface area contributed by atoms with Crippen LogP contribution in [0, 0.1) is 12.3 Å². The highest BCUT2D eigenvalue weighted by molar-refractivity contribution is 5.92. The second kappa shape index (κ2) is 6.00. The number of hydrogen-bond donors (Lipinski definition) is 2. The summed E-state index contributed by atoms with van der Waals surface area (Å²) >= 11 is 0. The third-order valence-electron chi connectivity index (χ3n) is 3.14. The predicted molar refractivity (Wildman–Crippen MR) is 76.3 cm³/mol. The van der Waals surface area contributed by atoms with E-state index in [1.807, 2.05) is 13.1 Å². The fourth-order valence-electron chi connectivity index (χ4n) is 1.68. The van der Waals surface area contributed by atoms with Gasteiger partial charge < -0.3 is 14.9 Å². The smallest absolute Gasteiger partial charge is 0.310 e. The van der Waals surface area contributed by atoms with E-state index in [1.54, 1.807) is 10.9 Å². The molecule has 8 nitrogen and oxygen atoms in total. The SMILES string of the molecule is Cc1cnn(Cc2cc(C(=O)NCC(C)(C)C(=O)O)no2)c1. The molecule has 0 aliphatic carbocycles. The maximum Gasteiger partial charge on any atom is 0.310 e.